The van der Waals surface area contributed by atoms with Crippen LogP contribution in [0.3, 0.4) is 0 Å². The predicted molar refractivity (Wildman–Crippen MR) is 105 cm³/mol. The first-order valence-corrected chi connectivity index (χ1v) is 9.32. The third-order valence-electron chi connectivity index (χ3n) is 4.82. The summed E-state index contributed by atoms with van der Waals surface area (Å²) >= 11 is 0. The highest BCUT2D eigenvalue weighted by Crippen LogP contribution is 2.24. The molecule has 1 aliphatic heterocycles. The number of benzene rings is 2. The van der Waals surface area contributed by atoms with Crippen molar-refractivity contribution in [3.8, 4) is 16.9 Å². The number of amides is 1. The van der Waals surface area contributed by atoms with E-state index in [1.807, 2.05) is 61.5 Å². The second-order valence-corrected chi connectivity index (χ2v) is 6.88. The zero-order valence-corrected chi connectivity index (χ0v) is 15.4. The van der Waals surface area contributed by atoms with Crippen LogP contribution < -0.4 is 5.32 Å². The van der Waals surface area contributed by atoms with Gasteiger partial charge in [-0.1, -0.05) is 48.0 Å². The first-order valence-electron chi connectivity index (χ1n) is 9.32. The lowest BCUT2D eigenvalue weighted by Gasteiger charge is -2.10. The lowest BCUT2D eigenvalue weighted by Crippen LogP contribution is -2.31. The van der Waals surface area contributed by atoms with Crippen LogP contribution >= 0.6 is 0 Å². The number of nitrogens with one attached hydrogen (secondary N) is 1. The average molecular weight is 361 g/mol. The zero-order valence-electron chi connectivity index (χ0n) is 15.4. The molecule has 27 heavy (non-hydrogen) atoms. The maximum Gasteiger partial charge on any atom is 0.255 e. The Bertz CT molecular complexity index is 910. The van der Waals surface area contributed by atoms with E-state index in [0.29, 0.717) is 17.8 Å². The van der Waals surface area contributed by atoms with Crippen molar-refractivity contribution < 1.29 is 9.53 Å². The minimum absolute atomic E-state index is 0.112. The van der Waals surface area contributed by atoms with Gasteiger partial charge in [0.25, 0.3) is 5.91 Å². The lowest BCUT2D eigenvalue weighted by atomic mass is 10.1. The first kappa shape index (κ1) is 17.5. The smallest absolute Gasteiger partial charge is 0.255 e. The van der Waals surface area contributed by atoms with Crippen molar-refractivity contribution in [1.29, 1.82) is 0 Å². The van der Waals surface area contributed by atoms with Gasteiger partial charge in [0.15, 0.2) is 0 Å². The van der Waals surface area contributed by atoms with Crippen LogP contribution in [0, 0.1) is 6.92 Å². The molecule has 0 aliphatic carbocycles. The highest BCUT2D eigenvalue weighted by atomic mass is 16.5. The van der Waals surface area contributed by atoms with Crippen LogP contribution in [0.4, 0.5) is 0 Å². The Kier molecular flexibility index (Phi) is 5.03. The van der Waals surface area contributed by atoms with E-state index in [-0.39, 0.29) is 12.0 Å². The van der Waals surface area contributed by atoms with Crippen molar-refractivity contribution in [3.05, 3.63) is 71.9 Å². The Balaban J connectivity index is 1.66. The van der Waals surface area contributed by atoms with Crippen LogP contribution in [0.15, 0.2) is 60.8 Å². The Morgan fingerprint density at radius 1 is 1.19 bits per heavy atom. The van der Waals surface area contributed by atoms with E-state index in [1.165, 1.54) is 5.56 Å². The Morgan fingerprint density at radius 3 is 2.67 bits per heavy atom. The minimum Gasteiger partial charge on any atom is -0.376 e. The number of aryl methyl sites for hydroxylation is 1. The predicted octanol–water partition coefficient (Wildman–Crippen LogP) is 3.76. The maximum atomic E-state index is 12.9. The Hall–Kier alpha value is -2.92. The van der Waals surface area contributed by atoms with Crippen LogP contribution in [0.25, 0.3) is 16.9 Å². The number of rotatable bonds is 5. The van der Waals surface area contributed by atoms with Gasteiger partial charge in [-0.3, -0.25) is 4.79 Å². The largest absolute Gasteiger partial charge is 0.376 e. The summed E-state index contributed by atoms with van der Waals surface area (Å²) < 4.78 is 7.37. The van der Waals surface area contributed by atoms with Crippen molar-refractivity contribution in [2.75, 3.05) is 13.2 Å². The molecule has 138 valence electrons. The van der Waals surface area contributed by atoms with Gasteiger partial charge in [-0.15, -0.1) is 0 Å². The second-order valence-electron chi connectivity index (χ2n) is 6.88. The van der Waals surface area contributed by atoms with Crippen molar-refractivity contribution in [1.82, 2.24) is 15.1 Å². The van der Waals surface area contributed by atoms with Crippen LogP contribution in [0.1, 0.15) is 28.8 Å². The van der Waals surface area contributed by atoms with Gasteiger partial charge in [-0.25, -0.2) is 4.68 Å². The molecule has 2 aromatic carbocycles. The highest BCUT2D eigenvalue weighted by Gasteiger charge is 2.21. The first-order chi connectivity index (χ1) is 13.2. The SMILES string of the molecule is Cc1ccc(-c2nn(-c3ccccc3)cc2C(=O)NC[C@H]2CCCO2)cc1. The van der Waals surface area contributed by atoms with Gasteiger partial charge in [-0.2, -0.15) is 5.10 Å². The fraction of sp³-hybridized carbons (Fsp3) is 0.273. The molecule has 0 bridgehead atoms. The van der Waals surface area contributed by atoms with Gasteiger partial charge in [0.1, 0.15) is 5.69 Å². The standard InChI is InChI=1S/C22H23N3O2/c1-16-9-11-17(12-10-16)21-20(22(26)23-14-19-8-5-13-27-19)15-25(24-21)18-6-3-2-4-7-18/h2-4,6-7,9-12,15,19H,5,8,13-14H2,1H3,(H,23,26)/t19-/m1/s1. The van der Waals surface area contributed by atoms with Crippen molar-refractivity contribution >= 4 is 5.91 Å². The van der Waals surface area contributed by atoms with E-state index in [9.17, 15) is 4.79 Å². The lowest BCUT2D eigenvalue weighted by molar-refractivity contribution is 0.0858. The minimum atomic E-state index is -0.122. The summed E-state index contributed by atoms with van der Waals surface area (Å²) in [4.78, 5) is 12.9. The number of nitrogens with zero attached hydrogens (tertiary/aromatic N) is 2. The Morgan fingerprint density at radius 2 is 1.96 bits per heavy atom. The topological polar surface area (TPSA) is 56.2 Å². The summed E-state index contributed by atoms with van der Waals surface area (Å²) in [7, 11) is 0. The van der Waals surface area contributed by atoms with E-state index < -0.39 is 0 Å². The number of hydrogen-bond acceptors (Lipinski definition) is 3. The van der Waals surface area contributed by atoms with Gasteiger partial charge in [0, 0.05) is 24.9 Å². The number of aromatic nitrogens is 2. The van der Waals surface area contributed by atoms with Gasteiger partial charge in [-0.05, 0) is 31.9 Å². The van der Waals surface area contributed by atoms with E-state index >= 15 is 0 Å². The molecule has 1 atom stereocenters. The average Bonchev–Trinajstić information content (AvgIpc) is 3.37. The molecule has 0 saturated carbocycles. The molecule has 1 aliphatic rings. The Labute approximate surface area is 159 Å². The molecule has 1 amide bonds. The number of carbonyl (C=O) groups is 1. The maximum absolute atomic E-state index is 12.9. The fourth-order valence-corrected chi connectivity index (χ4v) is 3.28. The third-order valence-corrected chi connectivity index (χ3v) is 4.82. The quantitative estimate of drug-likeness (QED) is 0.753. The summed E-state index contributed by atoms with van der Waals surface area (Å²) in [6.07, 6.45) is 3.96. The molecule has 4 rings (SSSR count). The summed E-state index contributed by atoms with van der Waals surface area (Å²) in [5.74, 6) is -0.122. The van der Waals surface area contributed by atoms with Gasteiger partial charge < -0.3 is 10.1 Å². The van der Waals surface area contributed by atoms with Crippen LogP contribution in [0.2, 0.25) is 0 Å². The molecule has 3 aromatic rings. The molecule has 2 heterocycles. The molecule has 1 N–H and O–H groups in total. The van der Waals surface area contributed by atoms with Gasteiger partial charge >= 0.3 is 0 Å². The second kappa shape index (κ2) is 7.76. The van der Waals surface area contributed by atoms with E-state index in [1.54, 1.807) is 10.9 Å². The van der Waals surface area contributed by atoms with Gasteiger partial charge in [0.05, 0.1) is 17.4 Å². The van der Waals surface area contributed by atoms with Crippen LogP contribution in [-0.2, 0) is 4.74 Å². The van der Waals surface area contributed by atoms with E-state index in [2.05, 4.69) is 5.32 Å². The number of ether oxygens (including phenoxy) is 1. The molecule has 5 nitrogen and oxygen atoms in total. The van der Waals surface area contributed by atoms with E-state index in [0.717, 1.165) is 30.7 Å². The summed E-state index contributed by atoms with van der Waals surface area (Å²) in [5, 5.41) is 7.72. The van der Waals surface area contributed by atoms with Crippen LogP contribution in [-0.4, -0.2) is 34.9 Å². The third kappa shape index (κ3) is 3.93. The zero-order chi connectivity index (χ0) is 18.6. The molecule has 1 fully saturated rings. The molecule has 1 aromatic heterocycles. The summed E-state index contributed by atoms with van der Waals surface area (Å²) in [6, 6.07) is 17.9. The van der Waals surface area contributed by atoms with Gasteiger partial charge in [0.2, 0.25) is 0 Å². The number of hydrogen-bond donors (Lipinski definition) is 1. The molecule has 1 saturated heterocycles. The molecule has 0 unspecified atom stereocenters. The summed E-state index contributed by atoms with van der Waals surface area (Å²) in [6.45, 7) is 3.35. The molecular weight excluding hydrogens is 338 g/mol. The molecule has 0 spiro atoms. The number of carbonyl (C=O) groups excluding carboxylic acids is 1. The normalized spacial score (nSPS) is 16.4. The highest BCUT2D eigenvalue weighted by molar-refractivity contribution is 6.00. The molecule has 0 radical (unpaired) electrons. The van der Waals surface area contributed by atoms with Crippen molar-refractivity contribution in [2.45, 2.75) is 25.9 Å². The van der Waals surface area contributed by atoms with Crippen LogP contribution in [0.5, 0.6) is 0 Å². The monoisotopic (exact) mass is 361 g/mol. The van der Waals surface area contributed by atoms with E-state index in [4.69, 9.17) is 9.84 Å². The van der Waals surface area contributed by atoms with Crippen molar-refractivity contribution in [2.24, 2.45) is 0 Å². The number of para-hydroxylation sites is 1. The fourth-order valence-electron chi connectivity index (χ4n) is 3.28. The molecular formula is C22H23N3O2. The summed E-state index contributed by atoms with van der Waals surface area (Å²) in [5.41, 5.74) is 4.27. The molecule has 5 heteroatoms. The van der Waals surface area contributed by atoms with Crippen molar-refractivity contribution in [3.63, 3.8) is 0 Å².